The van der Waals surface area contributed by atoms with Crippen LogP contribution in [0.1, 0.15) is 0 Å². The third kappa shape index (κ3) is 5.22. The Bertz CT molecular complexity index is 3410. The minimum Gasteiger partial charge on any atom is -0.309 e. The maximum absolute atomic E-state index is 5.11. The van der Waals surface area contributed by atoms with Gasteiger partial charge in [0, 0.05) is 73.5 Å². The Morgan fingerprint density at radius 2 is 0.842 bits per heavy atom. The van der Waals surface area contributed by atoms with Gasteiger partial charge >= 0.3 is 0 Å². The summed E-state index contributed by atoms with van der Waals surface area (Å²) in [6, 6.07) is 65.0. The van der Waals surface area contributed by atoms with Crippen molar-refractivity contribution in [3.8, 4) is 51.0 Å². The molecule has 0 N–H and O–H groups in total. The predicted octanol–water partition coefficient (Wildman–Crippen LogP) is 14.4. The van der Waals surface area contributed by atoms with Gasteiger partial charge in [-0.1, -0.05) is 121 Å². The highest BCUT2D eigenvalue weighted by Gasteiger charge is 2.18. The molecule has 0 aliphatic rings. The molecule has 0 aliphatic carbocycles. The molecule has 0 unspecified atom stereocenters. The summed E-state index contributed by atoms with van der Waals surface area (Å²) in [4.78, 5) is 15.2. The molecule has 6 heteroatoms. The van der Waals surface area contributed by atoms with Crippen molar-refractivity contribution in [2.24, 2.45) is 0 Å². The lowest BCUT2D eigenvalue weighted by molar-refractivity contribution is 1.08. The first-order chi connectivity index (χ1) is 28.2. The van der Waals surface area contributed by atoms with Gasteiger partial charge in [0.05, 0.1) is 11.0 Å². The smallest absolute Gasteiger partial charge is 0.164 e. The normalized spacial score (nSPS) is 11.9. The second-order valence-electron chi connectivity index (χ2n) is 14.4. The Hall–Kier alpha value is -6.99. The monoisotopic (exact) mass is 762 g/mol. The molecule has 0 amide bonds. The van der Waals surface area contributed by atoms with Crippen molar-refractivity contribution in [1.82, 2.24) is 19.5 Å². The van der Waals surface area contributed by atoms with E-state index in [1.807, 2.05) is 59.1 Å². The van der Waals surface area contributed by atoms with Crippen LogP contribution in [0.25, 0.3) is 113 Å². The molecule has 4 nitrogen and oxygen atoms in total. The zero-order valence-electron chi connectivity index (χ0n) is 30.4. The number of aromatic nitrogens is 4. The molecule has 0 saturated heterocycles. The Balaban J connectivity index is 1.01. The molecule has 4 heterocycles. The standard InChI is InChI=1S/C51H30N4S2/c1-3-12-31(13-4-1)49-52-50(32-14-5-2-6-15-32)54-51(53-49)38-18-11-21-47-48(38)41-29-34(23-26-46(41)57-47)33-22-25-44-39(28-33)40-30-35(24-27-45(40)56-44)55-42-19-9-7-16-36(42)37-17-8-10-20-43(37)55/h1-30H. The van der Waals surface area contributed by atoms with Gasteiger partial charge in [-0.25, -0.2) is 15.0 Å². The van der Waals surface area contributed by atoms with Crippen molar-refractivity contribution in [3.63, 3.8) is 0 Å². The number of hydrogen-bond acceptors (Lipinski definition) is 5. The van der Waals surface area contributed by atoms with Gasteiger partial charge in [-0.05, 0) is 71.8 Å². The van der Waals surface area contributed by atoms with Crippen LogP contribution in [0.3, 0.4) is 0 Å². The molecule has 0 radical (unpaired) electrons. The molecule has 0 spiro atoms. The molecule has 12 rings (SSSR count). The Morgan fingerprint density at radius 3 is 1.49 bits per heavy atom. The van der Waals surface area contributed by atoms with E-state index in [9.17, 15) is 0 Å². The lowest BCUT2D eigenvalue weighted by Gasteiger charge is -2.10. The van der Waals surface area contributed by atoms with Crippen LogP contribution < -0.4 is 0 Å². The fourth-order valence-corrected chi connectivity index (χ4v) is 10.6. The quantitative estimate of drug-likeness (QED) is 0.175. The first-order valence-corrected chi connectivity index (χ1v) is 20.6. The van der Waals surface area contributed by atoms with Crippen molar-refractivity contribution >= 4 is 84.8 Å². The maximum atomic E-state index is 5.11. The van der Waals surface area contributed by atoms with Gasteiger partial charge < -0.3 is 4.57 Å². The van der Waals surface area contributed by atoms with Gasteiger partial charge in [0.1, 0.15) is 0 Å². The second kappa shape index (κ2) is 12.8. The summed E-state index contributed by atoms with van der Waals surface area (Å²) in [6.45, 7) is 0. The molecule has 0 aliphatic heterocycles. The van der Waals surface area contributed by atoms with Gasteiger partial charge in [-0.3, -0.25) is 0 Å². The first kappa shape index (κ1) is 32.3. The van der Waals surface area contributed by atoms with Crippen LogP contribution >= 0.6 is 22.7 Å². The SMILES string of the molecule is c1ccc(-c2nc(-c3ccccc3)nc(-c3cccc4sc5ccc(-c6ccc7sc8ccc(-n9c%10ccccc%10c%10ccccc%109)cc8c7c6)cc5c34)n2)cc1. The summed E-state index contributed by atoms with van der Waals surface area (Å²) in [6.07, 6.45) is 0. The zero-order chi connectivity index (χ0) is 37.5. The molecule has 0 saturated carbocycles. The molecular weight excluding hydrogens is 733 g/mol. The van der Waals surface area contributed by atoms with Crippen LogP contribution in [0.4, 0.5) is 0 Å². The number of thiophene rings is 2. The largest absolute Gasteiger partial charge is 0.309 e. The van der Waals surface area contributed by atoms with Crippen molar-refractivity contribution in [2.75, 3.05) is 0 Å². The number of nitrogens with zero attached hydrogens (tertiary/aromatic N) is 4. The van der Waals surface area contributed by atoms with E-state index in [0.29, 0.717) is 17.5 Å². The molecule has 0 atom stereocenters. The highest BCUT2D eigenvalue weighted by Crippen LogP contribution is 2.43. The van der Waals surface area contributed by atoms with E-state index in [-0.39, 0.29) is 0 Å². The molecule has 0 fully saturated rings. The van der Waals surface area contributed by atoms with Gasteiger partial charge in [0.15, 0.2) is 17.5 Å². The lowest BCUT2D eigenvalue weighted by Crippen LogP contribution is -2.00. The maximum Gasteiger partial charge on any atom is 0.164 e. The zero-order valence-corrected chi connectivity index (χ0v) is 32.1. The highest BCUT2D eigenvalue weighted by molar-refractivity contribution is 7.26. The molecule has 0 bridgehead atoms. The van der Waals surface area contributed by atoms with E-state index in [1.165, 1.54) is 79.0 Å². The summed E-state index contributed by atoms with van der Waals surface area (Å²) in [5.74, 6) is 1.99. The Kier molecular flexibility index (Phi) is 7.24. The van der Waals surface area contributed by atoms with Crippen molar-refractivity contribution in [3.05, 3.63) is 182 Å². The molecular formula is C51H30N4S2. The average Bonchev–Trinajstić information content (AvgIpc) is 3.95. The van der Waals surface area contributed by atoms with E-state index in [2.05, 4.69) is 150 Å². The van der Waals surface area contributed by atoms with Crippen LogP contribution in [0.2, 0.25) is 0 Å². The van der Waals surface area contributed by atoms with Gasteiger partial charge in [0.25, 0.3) is 0 Å². The molecule has 57 heavy (non-hydrogen) atoms. The average molecular weight is 763 g/mol. The number of para-hydroxylation sites is 2. The van der Waals surface area contributed by atoms with Gasteiger partial charge in [-0.2, -0.15) is 0 Å². The van der Waals surface area contributed by atoms with Crippen molar-refractivity contribution in [1.29, 1.82) is 0 Å². The number of rotatable bonds is 5. The minimum absolute atomic E-state index is 0.661. The lowest BCUT2D eigenvalue weighted by atomic mass is 9.99. The fourth-order valence-electron chi connectivity index (χ4n) is 8.41. The van der Waals surface area contributed by atoms with E-state index in [4.69, 9.17) is 15.0 Å². The third-order valence-corrected chi connectivity index (χ3v) is 13.3. The Morgan fingerprint density at radius 1 is 0.333 bits per heavy atom. The number of benzene rings is 8. The fraction of sp³-hybridized carbons (Fsp3) is 0. The number of fused-ring (bicyclic) bond motifs is 9. The van der Waals surface area contributed by atoms with E-state index < -0.39 is 0 Å². The van der Waals surface area contributed by atoms with Crippen molar-refractivity contribution < 1.29 is 0 Å². The molecule has 8 aromatic carbocycles. The Labute approximate surface area is 335 Å². The molecule has 266 valence electrons. The highest BCUT2D eigenvalue weighted by atomic mass is 32.1. The summed E-state index contributed by atoms with van der Waals surface area (Å²) < 4.78 is 7.43. The van der Waals surface area contributed by atoms with Crippen LogP contribution in [0.5, 0.6) is 0 Å². The van der Waals surface area contributed by atoms with Gasteiger partial charge in [-0.15, -0.1) is 22.7 Å². The molecule has 4 aromatic heterocycles. The van der Waals surface area contributed by atoms with Crippen molar-refractivity contribution in [2.45, 2.75) is 0 Å². The second-order valence-corrected chi connectivity index (χ2v) is 16.6. The van der Waals surface area contributed by atoms with Crippen LogP contribution in [-0.2, 0) is 0 Å². The van der Waals surface area contributed by atoms with Crippen LogP contribution in [0.15, 0.2) is 182 Å². The van der Waals surface area contributed by atoms with Crippen LogP contribution in [-0.4, -0.2) is 19.5 Å². The predicted molar refractivity (Wildman–Crippen MR) is 242 cm³/mol. The summed E-state index contributed by atoms with van der Waals surface area (Å²) in [5.41, 5.74) is 8.92. The van der Waals surface area contributed by atoms with E-state index in [1.54, 1.807) is 0 Å². The van der Waals surface area contributed by atoms with E-state index in [0.717, 1.165) is 16.7 Å². The van der Waals surface area contributed by atoms with Crippen LogP contribution in [0, 0.1) is 0 Å². The summed E-state index contributed by atoms with van der Waals surface area (Å²) in [5, 5.41) is 7.47. The first-order valence-electron chi connectivity index (χ1n) is 19.0. The molecule has 12 aromatic rings. The minimum atomic E-state index is 0.661. The topological polar surface area (TPSA) is 43.6 Å². The van der Waals surface area contributed by atoms with E-state index >= 15 is 0 Å². The third-order valence-electron chi connectivity index (χ3n) is 11.1. The number of hydrogen-bond donors (Lipinski definition) is 0. The summed E-state index contributed by atoms with van der Waals surface area (Å²) in [7, 11) is 0. The summed E-state index contributed by atoms with van der Waals surface area (Å²) >= 11 is 3.67. The van der Waals surface area contributed by atoms with Gasteiger partial charge in [0.2, 0.25) is 0 Å².